The molecule has 0 aliphatic carbocycles. The Hall–Kier alpha value is -1.26. The molecule has 0 aromatic rings. The normalized spacial score (nSPS) is 28.0. The van der Waals surface area contributed by atoms with Crippen LogP contribution in [-0.2, 0) is 4.79 Å². The van der Waals surface area contributed by atoms with Crippen molar-refractivity contribution in [3.63, 3.8) is 0 Å². The third kappa shape index (κ3) is 3.33. The molecule has 2 heterocycles. The Morgan fingerprint density at radius 2 is 1.62 bits per heavy atom. The van der Waals surface area contributed by atoms with Crippen molar-refractivity contribution < 1.29 is 14.7 Å². The highest BCUT2D eigenvalue weighted by molar-refractivity contribution is 5.78. The summed E-state index contributed by atoms with van der Waals surface area (Å²) in [6.07, 6.45) is 2.65. The second-order valence-electron chi connectivity index (χ2n) is 7.58. The second kappa shape index (κ2) is 5.85. The molecule has 1 N–H and O–H groups in total. The molecule has 0 aromatic carbocycles. The van der Waals surface area contributed by atoms with Gasteiger partial charge in [-0.15, -0.1) is 0 Å². The lowest BCUT2D eigenvalue weighted by molar-refractivity contribution is -0.142. The minimum Gasteiger partial charge on any atom is -0.481 e. The molecule has 0 spiro atoms. The van der Waals surface area contributed by atoms with E-state index in [1.807, 2.05) is 11.8 Å². The zero-order valence-electron chi connectivity index (χ0n) is 13.6. The van der Waals surface area contributed by atoms with Crippen LogP contribution in [0.25, 0.3) is 0 Å². The second-order valence-corrected chi connectivity index (χ2v) is 7.58. The minimum atomic E-state index is -0.788. The Morgan fingerprint density at radius 3 is 2.05 bits per heavy atom. The number of carbonyl (C=O) groups is 2. The quantitative estimate of drug-likeness (QED) is 0.809. The van der Waals surface area contributed by atoms with E-state index in [4.69, 9.17) is 5.11 Å². The van der Waals surface area contributed by atoms with Gasteiger partial charge < -0.3 is 14.9 Å². The average molecular weight is 296 g/mol. The van der Waals surface area contributed by atoms with Crippen molar-refractivity contribution in [3.05, 3.63) is 0 Å². The number of nitrogens with zero attached hydrogens (tertiary/aromatic N) is 2. The Morgan fingerprint density at radius 1 is 1.05 bits per heavy atom. The molecule has 2 fully saturated rings. The molecule has 2 aliphatic heterocycles. The first-order chi connectivity index (χ1) is 9.71. The number of amides is 2. The first-order valence-electron chi connectivity index (χ1n) is 8.00. The Balaban J connectivity index is 1.92. The van der Waals surface area contributed by atoms with Gasteiger partial charge in [-0.1, -0.05) is 20.8 Å². The topological polar surface area (TPSA) is 60.9 Å². The molecule has 2 rings (SSSR count). The number of urea groups is 1. The van der Waals surface area contributed by atoms with Gasteiger partial charge in [0.2, 0.25) is 0 Å². The molecule has 0 radical (unpaired) electrons. The zero-order chi connectivity index (χ0) is 15.8. The van der Waals surface area contributed by atoms with E-state index in [1.54, 1.807) is 4.90 Å². The average Bonchev–Trinajstić information content (AvgIpc) is 2.79. The van der Waals surface area contributed by atoms with E-state index in [0.29, 0.717) is 24.3 Å². The van der Waals surface area contributed by atoms with Crippen molar-refractivity contribution in [2.75, 3.05) is 19.6 Å². The van der Waals surface area contributed by atoms with E-state index in [9.17, 15) is 9.59 Å². The fourth-order valence-corrected chi connectivity index (χ4v) is 3.66. The summed E-state index contributed by atoms with van der Waals surface area (Å²) >= 11 is 0. The van der Waals surface area contributed by atoms with Crippen LogP contribution in [0.15, 0.2) is 0 Å². The maximum absolute atomic E-state index is 12.6. The summed E-state index contributed by atoms with van der Waals surface area (Å²) in [7, 11) is 0. The highest BCUT2D eigenvalue weighted by Gasteiger charge is 2.40. The lowest BCUT2D eigenvalue weighted by Crippen LogP contribution is -2.49. The molecule has 2 atom stereocenters. The number of hydrogen-bond donors (Lipinski definition) is 1. The van der Waals surface area contributed by atoms with E-state index in [-0.39, 0.29) is 12.1 Å². The maximum atomic E-state index is 12.6. The van der Waals surface area contributed by atoms with Gasteiger partial charge in [-0.25, -0.2) is 4.79 Å². The molecule has 2 aliphatic rings. The molecule has 120 valence electrons. The molecule has 21 heavy (non-hydrogen) atoms. The van der Waals surface area contributed by atoms with Gasteiger partial charge in [0.1, 0.15) is 0 Å². The molecule has 2 unspecified atom stereocenters. The van der Waals surface area contributed by atoms with Crippen LogP contribution < -0.4 is 0 Å². The molecule has 0 aromatic heterocycles. The number of rotatable bonds is 1. The predicted octanol–water partition coefficient (Wildman–Crippen LogP) is 2.66. The summed E-state index contributed by atoms with van der Waals surface area (Å²) in [5.74, 6) is -0.547. The number of aliphatic carboxylic acids is 1. The number of hydrogen-bond acceptors (Lipinski definition) is 2. The summed E-state index contributed by atoms with van der Waals surface area (Å²) in [6.45, 7) is 10.8. The number of carboxylic acid groups (broad SMARTS) is 1. The number of likely N-dealkylation sites (tertiary alicyclic amines) is 2. The van der Waals surface area contributed by atoms with E-state index in [2.05, 4.69) is 20.8 Å². The van der Waals surface area contributed by atoms with Gasteiger partial charge in [0, 0.05) is 25.7 Å². The van der Waals surface area contributed by atoms with Crippen molar-refractivity contribution in [1.82, 2.24) is 9.80 Å². The van der Waals surface area contributed by atoms with Crippen LogP contribution in [0.5, 0.6) is 0 Å². The number of carboxylic acids is 1. The summed E-state index contributed by atoms with van der Waals surface area (Å²) in [4.78, 5) is 27.4. The summed E-state index contributed by atoms with van der Waals surface area (Å²) in [6, 6.07) is -0.172. The predicted molar refractivity (Wildman–Crippen MR) is 81.1 cm³/mol. The summed E-state index contributed by atoms with van der Waals surface area (Å²) in [5.41, 5.74) is 0.296. The SMILES string of the molecule is CC1C(C(=O)O)CCN1C(=O)N1CCC(C(C)(C)C)CC1. The monoisotopic (exact) mass is 296 g/mol. The van der Waals surface area contributed by atoms with Crippen molar-refractivity contribution in [2.45, 2.75) is 53.0 Å². The van der Waals surface area contributed by atoms with Crippen LogP contribution in [-0.4, -0.2) is 52.6 Å². The first-order valence-corrected chi connectivity index (χ1v) is 8.00. The Bertz CT molecular complexity index is 408. The smallest absolute Gasteiger partial charge is 0.320 e. The van der Waals surface area contributed by atoms with Gasteiger partial charge >= 0.3 is 12.0 Å². The molecular weight excluding hydrogens is 268 g/mol. The van der Waals surface area contributed by atoms with Gasteiger partial charge in [-0.3, -0.25) is 4.79 Å². The van der Waals surface area contributed by atoms with Crippen LogP contribution >= 0.6 is 0 Å². The zero-order valence-corrected chi connectivity index (χ0v) is 13.6. The van der Waals surface area contributed by atoms with Gasteiger partial charge in [-0.2, -0.15) is 0 Å². The van der Waals surface area contributed by atoms with Crippen LogP contribution in [0.1, 0.15) is 47.0 Å². The fraction of sp³-hybridized carbons (Fsp3) is 0.875. The van der Waals surface area contributed by atoms with Gasteiger partial charge in [-0.05, 0) is 37.5 Å². The molecular formula is C16H28N2O3. The van der Waals surface area contributed by atoms with E-state index in [0.717, 1.165) is 25.9 Å². The first kappa shape index (κ1) is 16.1. The fourth-order valence-electron chi connectivity index (χ4n) is 3.66. The molecule has 5 heteroatoms. The van der Waals surface area contributed by atoms with Crippen molar-refractivity contribution in [3.8, 4) is 0 Å². The van der Waals surface area contributed by atoms with Crippen LogP contribution in [0.2, 0.25) is 0 Å². The molecule has 0 bridgehead atoms. The van der Waals surface area contributed by atoms with Crippen molar-refractivity contribution >= 4 is 12.0 Å². The lowest BCUT2D eigenvalue weighted by atomic mass is 9.75. The molecule has 2 amide bonds. The molecule has 5 nitrogen and oxygen atoms in total. The largest absolute Gasteiger partial charge is 0.481 e. The highest BCUT2D eigenvalue weighted by atomic mass is 16.4. The summed E-state index contributed by atoms with van der Waals surface area (Å²) < 4.78 is 0. The van der Waals surface area contributed by atoms with E-state index >= 15 is 0 Å². The molecule has 2 saturated heterocycles. The lowest BCUT2D eigenvalue weighted by Gasteiger charge is -2.40. The number of carbonyl (C=O) groups excluding carboxylic acids is 1. The van der Waals surface area contributed by atoms with E-state index in [1.165, 1.54) is 0 Å². The highest BCUT2D eigenvalue weighted by Crippen LogP contribution is 2.35. The van der Waals surface area contributed by atoms with Gasteiger partial charge in [0.15, 0.2) is 0 Å². The third-order valence-corrected chi connectivity index (χ3v) is 5.31. The van der Waals surface area contributed by atoms with Crippen LogP contribution in [0.4, 0.5) is 4.79 Å². The Kier molecular flexibility index (Phi) is 4.49. The van der Waals surface area contributed by atoms with Crippen molar-refractivity contribution in [1.29, 1.82) is 0 Å². The van der Waals surface area contributed by atoms with Crippen LogP contribution in [0.3, 0.4) is 0 Å². The number of piperidine rings is 1. The summed E-state index contributed by atoms with van der Waals surface area (Å²) in [5, 5.41) is 9.17. The Labute approximate surface area is 127 Å². The van der Waals surface area contributed by atoms with Gasteiger partial charge in [0.05, 0.1) is 5.92 Å². The standard InChI is InChI=1S/C16H28N2O3/c1-11-13(14(19)20)7-10-18(11)15(21)17-8-5-12(6-9-17)16(2,3)4/h11-13H,5-10H2,1-4H3,(H,19,20). The van der Waals surface area contributed by atoms with Crippen molar-refractivity contribution in [2.24, 2.45) is 17.3 Å². The van der Waals surface area contributed by atoms with Crippen LogP contribution in [0, 0.1) is 17.3 Å². The minimum absolute atomic E-state index is 0.0265. The van der Waals surface area contributed by atoms with Gasteiger partial charge in [0.25, 0.3) is 0 Å². The molecule has 0 saturated carbocycles. The maximum Gasteiger partial charge on any atom is 0.320 e. The third-order valence-electron chi connectivity index (χ3n) is 5.31. The van der Waals surface area contributed by atoms with E-state index < -0.39 is 11.9 Å².